The van der Waals surface area contributed by atoms with Crippen LogP contribution in [0.25, 0.3) is 0 Å². The highest BCUT2D eigenvalue weighted by molar-refractivity contribution is 5.96. The molecule has 0 spiro atoms. The van der Waals surface area contributed by atoms with E-state index in [4.69, 9.17) is 4.74 Å². The Morgan fingerprint density at radius 2 is 1.81 bits per heavy atom. The minimum Gasteiger partial charge on any atom is -0.457 e. The molecule has 3 rings (SSSR count). The molecular weight excluding hydrogens is 262 g/mol. The van der Waals surface area contributed by atoms with Gasteiger partial charge in [-0.15, -0.1) is 0 Å². The van der Waals surface area contributed by atoms with Crippen LogP contribution in [-0.2, 0) is 11.3 Å². The van der Waals surface area contributed by atoms with Crippen LogP contribution in [0, 0.1) is 0 Å². The third-order valence-corrected chi connectivity index (χ3v) is 3.47. The van der Waals surface area contributed by atoms with E-state index in [0.29, 0.717) is 12.2 Å². The Balaban J connectivity index is 1.74. The van der Waals surface area contributed by atoms with Gasteiger partial charge in [0.15, 0.2) is 0 Å². The number of esters is 1. The smallest absolute Gasteiger partial charge is 0.340 e. The lowest BCUT2D eigenvalue weighted by Gasteiger charge is -2.18. The number of ether oxygens (including phenoxy) is 1. The summed E-state index contributed by atoms with van der Waals surface area (Å²) in [5.41, 5.74) is 2.51. The lowest BCUT2D eigenvalue weighted by atomic mass is 10.1. The van der Waals surface area contributed by atoms with Crippen molar-refractivity contribution >= 4 is 11.7 Å². The number of rotatable bonds is 4. The monoisotopic (exact) mass is 279 g/mol. The Bertz CT molecular complexity index is 649. The zero-order valence-electron chi connectivity index (χ0n) is 11.7. The van der Waals surface area contributed by atoms with Crippen LogP contribution in [0.2, 0.25) is 0 Å². The van der Waals surface area contributed by atoms with Crippen LogP contribution in [0.5, 0.6) is 0 Å². The highest BCUT2D eigenvalue weighted by Crippen LogP contribution is 2.24. The van der Waals surface area contributed by atoms with Crippen LogP contribution >= 0.6 is 0 Å². The van der Waals surface area contributed by atoms with Crippen molar-refractivity contribution in [3.05, 3.63) is 78.0 Å². The summed E-state index contributed by atoms with van der Waals surface area (Å²) in [6, 6.07) is 17.3. The second kappa shape index (κ2) is 6.27. The van der Waals surface area contributed by atoms with Gasteiger partial charge in [0.25, 0.3) is 0 Å². The van der Waals surface area contributed by atoms with Crippen LogP contribution in [0.15, 0.2) is 66.9 Å². The Labute approximate surface area is 124 Å². The van der Waals surface area contributed by atoms with E-state index >= 15 is 0 Å². The van der Waals surface area contributed by atoms with Crippen molar-refractivity contribution in [2.24, 2.45) is 0 Å². The number of hydrogen-bond donors (Lipinski definition) is 0. The molecular formula is C18H17NO2. The molecule has 2 aromatic rings. The third-order valence-electron chi connectivity index (χ3n) is 3.47. The Morgan fingerprint density at radius 3 is 2.57 bits per heavy atom. The second-order valence-electron chi connectivity index (χ2n) is 4.95. The molecule has 3 heteroatoms. The van der Waals surface area contributed by atoms with Gasteiger partial charge in [0.2, 0.25) is 0 Å². The van der Waals surface area contributed by atoms with E-state index in [1.165, 1.54) is 0 Å². The SMILES string of the molecule is O=C(OCc1ccccc1)c1ccccc1N1C=CCC1. The van der Waals surface area contributed by atoms with Gasteiger partial charge in [0.05, 0.1) is 11.3 Å². The quantitative estimate of drug-likeness (QED) is 0.798. The summed E-state index contributed by atoms with van der Waals surface area (Å²) in [5, 5.41) is 0. The van der Waals surface area contributed by atoms with Gasteiger partial charge in [0.1, 0.15) is 6.61 Å². The molecule has 21 heavy (non-hydrogen) atoms. The van der Waals surface area contributed by atoms with Crippen molar-refractivity contribution in [1.82, 2.24) is 0 Å². The molecule has 3 nitrogen and oxygen atoms in total. The van der Waals surface area contributed by atoms with Crippen molar-refractivity contribution in [3.8, 4) is 0 Å². The summed E-state index contributed by atoms with van der Waals surface area (Å²) < 4.78 is 5.42. The molecule has 0 saturated heterocycles. The lowest BCUT2D eigenvalue weighted by Crippen LogP contribution is -2.17. The first kappa shape index (κ1) is 13.4. The Morgan fingerprint density at radius 1 is 1.05 bits per heavy atom. The standard InChI is InChI=1S/C18H17NO2/c20-18(21-14-15-8-2-1-3-9-15)16-10-4-5-11-17(16)19-12-6-7-13-19/h1-6,8-12H,7,13-14H2. The normalized spacial score (nSPS) is 13.4. The van der Waals surface area contributed by atoms with E-state index in [1.54, 1.807) is 0 Å². The van der Waals surface area contributed by atoms with E-state index in [1.807, 2.05) is 60.8 Å². The van der Waals surface area contributed by atoms with Crippen LogP contribution in [0.1, 0.15) is 22.3 Å². The maximum Gasteiger partial charge on any atom is 0.340 e. The molecule has 2 aromatic carbocycles. The summed E-state index contributed by atoms with van der Waals surface area (Å²) >= 11 is 0. The summed E-state index contributed by atoms with van der Waals surface area (Å²) in [4.78, 5) is 14.4. The van der Waals surface area contributed by atoms with Gasteiger partial charge in [-0.3, -0.25) is 0 Å². The van der Waals surface area contributed by atoms with Gasteiger partial charge in [0, 0.05) is 12.7 Å². The van der Waals surface area contributed by atoms with Crippen molar-refractivity contribution in [3.63, 3.8) is 0 Å². The molecule has 0 atom stereocenters. The third kappa shape index (κ3) is 3.14. The molecule has 1 heterocycles. The summed E-state index contributed by atoms with van der Waals surface area (Å²) in [6.45, 7) is 1.20. The molecule has 0 amide bonds. The van der Waals surface area contributed by atoms with Crippen LogP contribution in [0.3, 0.4) is 0 Å². The average Bonchev–Trinajstić information content (AvgIpc) is 3.08. The van der Waals surface area contributed by atoms with E-state index in [-0.39, 0.29) is 5.97 Å². The van der Waals surface area contributed by atoms with Crippen LogP contribution < -0.4 is 4.90 Å². The van der Waals surface area contributed by atoms with Crippen LogP contribution in [-0.4, -0.2) is 12.5 Å². The Kier molecular flexibility index (Phi) is 4.01. The molecule has 0 aliphatic carbocycles. The molecule has 0 bridgehead atoms. The van der Waals surface area contributed by atoms with Gasteiger partial charge in [-0.25, -0.2) is 4.79 Å². The Hall–Kier alpha value is -2.55. The minimum absolute atomic E-state index is 0.283. The molecule has 0 radical (unpaired) electrons. The van der Waals surface area contributed by atoms with Crippen molar-refractivity contribution in [2.45, 2.75) is 13.0 Å². The van der Waals surface area contributed by atoms with E-state index < -0.39 is 0 Å². The van der Waals surface area contributed by atoms with Crippen molar-refractivity contribution in [2.75, 3.05) is 11.4 Å². The molecule has 1 aliphatic rings. The summed E-state index contributed by atoms with van der Waals surface area (Å²) in [7, 11) is 0. The van der Waals surface area contributed by atoms with Gasteiger partial charge in [-0.05, 0) is 24.1 Å². The maximum atomic E-state index is 12.3. The molecule has 0 fully saturated rings. The highest BCUT2D eigenvalue weighted by Gasteiger charge is 2.17. The van der Waals surface area contributed by atoms with Crippen molar-refractivity contribution in [1.29, 1.82) is 0 Å². The molecule has 1 aliphatic heterocycles. The van der Waals surface area contributed by atoms with Gasteiger partial charge >= 0.3 is 5.97 Å². The topological polar surface area (TPSA) is 29.5 Å². The second-order valence-corrected chi connectivity index (χ2v) is 4.95. The fourth-order valence-electron chi connectivity index (χ4n) is 2.39. The molecule has 0 N–H and O–H groups in total. The molecule has 0 saturated carbocycles. The molecule has 106 valence electrons. The van der Waals surface area contributed by atoms with Crippen molar-refractivity contribution < 1.29 is 9.53 Å². The number of benzene rings is 2. The van der Waals surface area contributed by atoms with E-state index in [9.17, 15) is 4.79 Å². The molecule has 0 unspecified atom stereocenters. The first-order valence-corrected chi connectivity index (χ1v) is 7.08. The minimum atomic E-state index is -0.283. The van der Waals surface area contributed by atoms with Crippen LogP contribution in [0.4, 0.5) is 5.69 Å². The largest absolute Gasteiger partial charge is 0.457 e. The summed E-state index contributed by atoms with van der Waals surface area (Å²) in [5.74, 6) is -0.283. The predicted molar refractivity (Wildman–Crippen MR) is 83.1 cm³/mol. The fourth-order valence-corrected chi connectivity index (χ4v) is 2.39. The van der Waals surface area contributed by atoms with Gasteiger partial charge < -0.3 is 9.64 Å². The number of anilines is 1. The van der Waals surface area contributed by atoms with E-state index in [0.717, 1.165) is 24.2 Å². The number of para-hydroxylation sites is 1. The molecule has 0 aromatic heterocycles. The van der Waals surface area contributed by atoms with Gasteiger partial charge in [-0.2, -0.15) is 0 Å². The lowest BCUT2D eigenvalue weighted by molar-refractivity contribution is 0.0473. The highest BCUT2D eigenvalue weighted by atomic mass is 16.5. The first-order chi connectivity index (χ1) is 10.3. The maximum absolute atomic E-state index is 12.3. The zero-order chi connectivity index (χ0) is 14.5. The predicted octanol–water partition coefficient (Wildman–Crippen LogP) is 3.77. The van der Waals surface area contributed by atoms with E-state index in [2.05, 4.69) is 11.0 Å². The zero-order valence-corrected chi connectivity index (χ0v) is 11.7. The number of nitrogens with zero attached hydrogens (tertiary/aromatic N) is 1. The number of carbonyl (C=O) groups excluding carboxylic acids is 1. The first-order valence-electron chi connectivity index (χ1n) is 7.08. The average molecular weight is 279 g/mol. The summed E-state index contributed by atoms with van der Waals surface area (Å²) in [6.07, 6.45) is 5.13. The fraction of sp³-hybridized carbons (Fsp3) is 0.167. The van der Waals surface area contributed by atoms with Gasteiger partial charge in [-0.1, -0.05) is 48.5 Å². The number of hydrogen-bond acceptors (Lipinski definition) is 3. The number of carbonyl (C=O) groups is 1.